The minimum absolute atomic E-state index is 0.531. The van der Waals surface area contributed by atoms with E-state index < -0.39 is 0 Å². The number of hydrogen-bond donors (Lipinski definition) is 1. The molecule has 0 aliphatic heterocycles. The zero-order chi connectivity index (χ0) is 12.4. The Labute approximate surface area is 103 Å². The van der Waals surface area contributed by atoms with Crippen LogP contribution in [-0.2, 0) is 6.42 Å². The van der Waals surface area contributed by atoms with Crippen molar-refractivity contribution < 1.29 is 0 Å². The van der Waals surface area contributed by atoms with Crippen molar-refractivity contribution in [2.75, 3.05) is 6.54 Å². The normalized spacial score (nSPS) is 12.9. The van der Waals surface area contributed by atoms with E-state index >= 15 is 0 Å². The van der Waals surface area contributed by atoms with Crippen LogP contribution in [0.4, 0.5) is 0 Å². The van der Waals surface area contributed by atoms with Crippen LogP contribution in [0.15, 0.2) is 24.4 Å². The molecule has 0 aliphatic rings. The summed E-state index contributed by atoms with van der Waals surface area (Å²) in [5, 5.41) is 1.27. The summed E-state index contributed by atoms with van der Waals surface area (Å²) in [7, 11) is 0. The fourth-order valence-electron chi connectivity index (χ4n) is 2.24. The summed E-state index contributed by atoms with van der Waals surface area (Å²) in [6, 6.07) is 6.57. The SMILES string of the molecule is Cc1ccnc2c(C)cc(CC(C)CN)cc12. The first-order chi connectivity index (χ1) is 8.11. The molecule has 1 aromatic heterocycles. The van der Waals surface area contributed by atoms with E-state index in [4.69, 9.17) is 5.73 Å². The van der Waals surface area contributed by atoms with E-state index in [-0.39, 0.29) is 0 Å². The molecule has 1 unspecified atom stereocenters. The van der Waals surface area contributed by atoms with Gasteiger partial charge in [-0.3, -0.25) is 4.98 Å². The Hall–Kier alpha value is -1.41. The Balaban J connectivity index is 2.50. The highest BCUT2D eigenvalue weighted by molar-refractivity contribution is 5.85. The van der Waals surface area contributed by atoms with Crippen LogP contribution in [0.25, 0.3) is 10.9 Å². The van der Waals surface area contributed by atoms with Gasteiger partial charge in [0.1, 0.15) is 0 Å². The van der Waals surface area contributed by atoms with Crippen molar-refractivity contribution >= 4 is 10.9 Å². The second-order valence-electron chi connectivity index (χ2n) is 4.98. The summed E-state index contributed by atoms with van der Waals surface area (Å²) in [6.45, 7) is 7.20. The van der Waals surface area contributed by atoms with Gasteiger partial charge in [0.15, 0.2) is 0 Å². The first kappa shape index (κ1) is 12.1. The smallest absolute Gasteiger partial charge is 0.0733 e. The van der Waals surface area contributed by atoms with Crippen molar-refractivity contribution in [3.05, 3.63) is 41.1 Å². The molecule has 1 atom stereocenters. The van der Waals surface area contributed by atoms with Gasteiger partial charge in [0.25, 0.3) is 0 Å². The Morgan fingerprint density at radius 1 is 1.24 bits per heavy atom. The Morgan fingerprint density at radius 2 is 2.00 bits per heavy atom. The number of pyridine rings is 1. The molecule has 1 aromatic carbocycles. The third kappa shape index (κ3) is 2.47. The van der Waals surface area contributed by atoms with Gasteiger partial charge in [0.2, 0.25) is 0 Å². The van der Waals surface area contributed by atoms with Gasteiger partial charge >= 0.3 is 0 Å². The monoisotopic (exact) mass is 228 g/mol. The standard InChI is InChI=1S/C15H20N2/c1-10(9-16)6-13-7-12(3)15-14(8-13)11(2)4-5-17-15/h4-5,7-8,10H,6,9,16H2,1-3H3. The van der Waals surface area contributed by atoms with Gasteiger partial charge in [-0.2, -0.15) is 0 Å². The molecule has 0 radical (unpaired) electrons. The van der Waals surface area contributed by atoms with Crippen molar-refractivity contribution in [2.24, 2.45) is 11.7 Å². The van der Waals surface area contributed by atoms with Crippen LogP contribution in [0, 0.1) is 19.8 Å². The van der Waals surface area contributed by atoms with Gasteiger partial charge in [-0.1, -0.05) is 13.0 Å². The molecule has 0 fully saturated rings. The number of aromatic nitrogens is 1. The third-order valence-corrected chi connectivity index (χ3v) is 3.30. The summed E-state index contributed by atoms with van der Waals surface area (Å²) < 4.78 is 0. The zero-order valence-corrected chi connectivity index (χ0v) is 10.8. The summed E-state index contributed by atoms with van der Waals surface area (Å²) in [5.74, 6) is 0.531. The number of nitrogens with two attached hydrogens (primary N) is 1. The topological polar surface area (TPSA) is 38.9 Å². The molecule has 0 amide bonds. The average Bonchev–Trinajstić information content (AvgIpc) is 2.30. The van der Waals surface area contributed by atoms with Crippen molar-refractivity contribution in [1.82, 2.24) is 4.98 Å². The molecule has 2 rings (SSSR count). The van der Waals surface area contributed by atoms with E-state index in [1.807, 2.05) is 6.20 Å². The van der Waals surface area contributed by atoms with Gasteiger partial charge in [0, 0.05) is 11.6 Å². The van der Waals surface area contributed by atoms with Gasteiger partial charge in [-0.25, -0.2) is 0 Å². The van der Waals surface area contributed by atoms with E-state index in [9.17, 15) is 0 Å². The number of rotatable bonds is 3. The molecule has 0 bridgehead atoms. The van der Waals surface area contributed by atoms with Crippen molar-refractivity contribution in [1.29, 1.82) is 0 Å². The highest BCUT2D eigenvalue weighted by Gasteiger charge is 2.07. The molecular formula is C15H20N2. The molecule has 0 saturated carbocycles. The van der Waals surface area contributed by atoms with Gasteiger partial charge in [-0.15, -0.1) is 0 Å². The van der Waals surface area contributed by atoms with Crippen LogP contribution in [0.3, 0.4) is 0 Å². The van der Waals surface area contributed by atoms with E-state index in [0.717, 1.165) is 18.5 Å². The Kier molecular flexibility index (Phi) is 3.43. The predicted octanol–water partition coefficient (Wildman–Crippen LogP) is 2.99. The van der Waals surface area contributed by atoms with Crippen molar-refractivity contribution in [3.63, 3.8) is 0 Å². The highest BCUT2D eigenvalue weighted by Crippen LogP contribution is 2.23. The largest absolute Gasteiger partial charge is 0.330 e. The number of nitrogens with zero attached hydrogens (tertiary/aromatic N) is 1. The minimum Gasteiger partial charge on any atom is -0.330 e. The van der Waals surface area contributed by atoms with Gasteiger partial charge in [0.05, 0.1) is 5.52 Å². The van der Waals surface area contributed by atoms with Crippen LogP contribution in [0.1, 0.15) is 23.6 Å². The zero-order valence-electron chi connectivity index (χ0n) is 10.8. The Morgan fingerprint density at radius 3 is 2.71 bits per heavy atom. The molecule has 0 spiro atoms. The quantitative estimate of drug-likeness (QED) is 0.877. The van der Waals surface area contributed by atoms with E-state index in [1.54, 1.807) is 0 Å². The minimum atomic E-state index is 0.531. The molecule has 17 heavy (non-hydrogen) atoms. The van der Waals surface area contributed by atoms with Crippen LogP contribution >= 0.6 is 0 Å². The third-order valence-electron chi connectivity index (χ3n) is 3.30. The lowest BCUT2D eigenvalue weighted by Crippen LogP contribution is -2.13. The lowest BCUT2D eigenvalue weighted by Gasteiger charge is -2.11. The van der Waals surface area contributed by atoms with Crippen molar-refractivity contribution in [3.8, 4) is 0 Å². The summed E-state index contributed by atoms with van der Waals surface area (Å²) >= 11 is 0. The van der Waals surface area contributed by atoms with Crippen LogP contribution < -0.4 is 5.73 Å². The van der Waals surface area contributed by atoms with Crippen molar-refractivity contribution in [2.45, 2.75) is 27.2 Å². The molecule has 1 heterocycles. The molecule has 90 valence electrons. The lowest BCUT2D eigenvalue weighted by atomic mass is 9.96. The first-order valence-electron chi connectivity index (χ1n) is 6.16. The Bertz CT molecular complexity index is 532. The second-order valence-corrected chi connectivity index (χ2v) is 4.98. The summed E-state index contributed by atoms with van der Waals surface area (Å²) in [4.78, 5) is 4.46. The maximum absolute atomic E-state index is 5.69. The number of fused-ring (bicyclic) bond motifs is 1. The number of hydrogen-bond acceptors (Lipinski definition) is 2. The molecule has 2 heteroatoms. The van der Waals surface area contributed by atoms with Crippen LogP contribution in [0.5, 0.6) is 0 Å². The molecule has 2 aromatic rings. The number of benzene rings is 1. The molecule has 0 aliphatic carbocycles. The maximum Gasteiger partial charge on any atom is 0.0733 e. The molecule has 2 N–H and O–H groups in total. The fourth-order valence-corrected chi connectivity index (χ4v) is 2.24. The average molecular weight is 228 g/mol. The summed E-state index contributed by atoms with van der Waals surface area (Å²) in [6.07, 6.45) is 2.93. The number of aryl methyl sites for hydroxylation is 2. The highest BCUT2D eigenvalue weighted by atomic mass is 14.6. The lowest BCUT2D eigenvalue weighted by molar-refractivity contribution is 0.593. The maximum atomic E-state index is 5.69. The van der Waals surface area contributed by atoms with E-state index in [0.29, 0.717) is 5.92 Å². The van der Waals surface area contributed by atoms with Crippen LogP contribution in [-0.4, -0.2) is 11.5 Å². The first-order valence-corrected chi connectivity index (χ1v) is 6.16. The summed E-state index contributed by atoms with van der Waals surface area (Å²) in [5.41, 5.74) is 10.7. The van der Waals surface area contributed by atoms with Crippen LogP contribution in [0.2, 0.25) is 0 Å². The van der Waals surface area contributed by atoms with E-state index in [1.165, 1.54) is 22.1 Å². The predicted molar refractivity (Wildman–Crippen MR) is 73.1 cm³/mol. The van der Waals surface area contributed by atoms with Gasteiger partial charge in [-0.05, 0) is 61.6 Å². The van der Waals surface area contributed by atoms with E-state index in [2.05, 4.69) is 44.0 Å². The molecular weight excluding hydrogens is 208 g/mol. The molecule has 0 saturated heterocycles. The second kappa shape index (κ2) is 4.84. The fraction of sp³-hybridized carbons (Fsp3) is 0.400. The van der Waals surface area contributed by atoms with Gasteiger partial charge < -0.3 is 5.73 Å². The molecule has 2 nitrogen and oxygen atoms in total.